The highest BCUT2D eigenvalue weighted by Gasteiger charge is 2.15. The maximum Gasteiger partial charge on any atom is 0.358 e. The molecule has 0 unspecified atom stereocenters. The summed E-state index contributed by atoms with van der Waals surface area (Å²) in [5.41, 5.74) is 0.384. The number of anilines is 1. The van der Waals surface area contributed by atoms with E-state index in [1.807, 2.05) is 6.92 Å². The van der Waals surface area contributed by atoms with Gasteiger partial charge < -0.3 is 19.5 Å². The maximum atomic E-state index is 11.6. The van der Waals surface area contributed by atoms with Crippen LogP contribution in [0.25, 0.3) is 0 Å². The number of hydrogen-bond acceptors (Lipinski definition) is 7. The summed E-state index contributed by atoms with van der Waals surface area (Å²) in [7, 11) is 1.64. The number of nitrogens with one attached hydrogen (secondary N) is 1. The molecule has 1 aromatic heterocycles. The third-order valence-electron chi connectivity index (χ3n) is 2.22. The largest absolute Gasteiger partial charge is 0.461 e. The van der Waals surface area contributed by atoms with Crippen molar-refractivity contribution in [2.45, 2.75) is 13.8 Å². The van der Waals surface area contributed by atoms with Gasteiger partial charge in [0.1, 0.15) is 0 Å². The van der Waals surface area contributed by atoms with Crippen molar-refractivity contribution in [2.24, 2.45) is 0 Å². The zero-order chi connectivity index (χ0) is 14.1. The molecule has 7 heteroatoms. The molecule has 0 amide bonds. The number of methoxy groups -OCH3 is 1. The summed E-state index contributed by atoms with van der Waals surface area (Å²) in [5.74, 6) is -0.374. The molecule has 0 atom stereocenters. The molecule has 1 heterocycles. The fourth-order valence-electron chi connectivity index (χ4n) is 1.34. The Balaban J connectivity index is 2.35. The molecular formula is C12H20N2O4S. The highest BCUT2D eigenvalue weighted by atomic mass is 32.1. The summed E-state index contributed by atoms with van der Waals surface area (Å²) < 4.78 is 15.1. The average Bonchev–Trinajstić information content (AvgIpc) is 2.75. The maximum absolute atomic E-state index is 11.6. The van der Waals surface area contributed by atoms with E-state index in [9.17, 15) is 4.79 Å². The minimum atomic E-state index is -0.374. The number of hydrogen-bond donors (Lipinski definition) is 1. The van der Waals surface area contributed by atoms with Crippen molar-refractivity contribution >= 4 is 22.4 Å². The van der Waals surface area contributed by atoms with Crippen LogP contribution in [0.2, 0.25) is 0 Å². The SMILES string of the molecule is CCOC(=O)c1nc(NCCOCCOC)sc1C. The Morgan fingerprint density at radius 1 is 1.37 bits per heavy atom. The zero-order valence-electron chi connectivity index (χ0n) is 11.5. The van der Waals surface area contributed by atoms with E-state index in [2.05, 4.69) is 10.3 Å². The Morgan fingerprint density at radius 2 is 2.16 bits per heavy atom. The zero-order valence-corrected chi connectivity index (χ0v) is 12.3. The Hall–Kier alpha value is -1.18. The second-order valence-electron chi connectivity index (χ2n) is 3.68. The van der Waals surface area contributed by atoms with E-state index in [1.165, 1.54) is 11.3 Å². The van der Waals surface area contributed by atoms with Crippen molar-refractivity contribution in [1.29, 1.82) is 0 Å². The number of esters is 1. The van der Waals surface area contributed by atoms with E-state index in [0.717, 1.165) is 4.88 Å². The molecule has 0 saturated carbocycles. The van der Waals surface area contributed by atoms with Gasteiger partial charge in [-0.1, -0.05) is 0 Å². The highest BCUT2D eigenvalue weighted by Crippen LogP contribution is 2.22. The number of aromatic nitrogens is 1. The number of ether oxygens (including phenoxy) is 3. The van der Waals surface area contributed by atoms with Crippen molar-refractivity contribution in [2.75, 3.05) is 45.4 Å². The van der Waals surface area contributed by atoms with Crippen molar-refractivity contribution in [3.8, 4) is 0 Å². The Bertz CT molecular complexity index is 395. The highest BCUT2D eigenvalue weighted by molar-refractivity contribution is 7.15. The van der Waals surface area contributed by atoms with E-state index >= 15 is 0 Å². The third-order valence-corrected chi connectivity index (χ3v) is 3.15. The van der Waals surface area contributed by atoms with Gasteiger partial charge in [-0.2, -0.15) is 0 Å². The van der Waals surface area contributed by atoms with Crippen LogP contribution >= 0.6 is 11.3 Å². The lowest BCUT2D eigenvalue weighted by Crippen LogP contribution is -2.12. The van der Waals surface area contributed by atoms with Gasteiger partial charge in [0.2, 0.25) is 0 Å². The van der Waals surface area contributed by atoms with Gasteiger partial charge >= 0.3 is 5.97 Å². The summed E-state index contributed by atoms with van der Waals surface area (Å²) >= 11 is 1.43. The summed E-state index contributed by atoms with van der Waals surface area (Å²) in [4.78, 5) is 16.6. The van der Waals surface area contributed by atoms with E-state index in [4.69, 9.17) is 14.2 Å². The first kappa shape index (κ1) is 15.9. The van der Waals surface area contributed by atoms with Gasteiger partial charge in [0, 0.05) is 18.5 Å². The van der Waals surface area contributed by atoms with Crippen LogP contribution in [0.1, 0.15) is 22.3 Å². The number of nitrogens with zero attached hydrogens (tertiary/aromatic N) is 1. The summed E-state index contributed by atoms with van der Waals surface area (Å²) in [6, 6.07) is 0. The van der Waals surface area contributed by atoms with Crippen molar-refractivity contribution in [1.82, 2.24) is 4.98 Å². The number of carbonyl (C=O) groups is 1. The van der Waals surface area contributed by atoms with E-state index in [-0.39, 0.29) is 5.97 Å². The van der Waals surface area contributed by atoms with E-state index in [1.54, 1.807) is 14.0 Å². The monoisotopic (exact) mass is 288 g/mol. The molecule has 0 saturated heterocycles. The lowest BCUT2D eigenvalue weighted by atomic mass is 10.4. The van der Waals surface area contributed by atoms with Crippen LogP contribution in [-0.4, -0.2) is 51.0 Å². The molecule has 1 aromatic rings. The first-order valence-electron chi connectivity index (χ1n) is 6.14. The van der Waals surface area contributed by atoms with Crippen molar-refractivity contribution in [3.63, 3.8) is 0 Å². The molecule has 108 valence electrons. The van der Waals surface area contributed by atoms with Crippen LogP contribution in [0, 0.1) is 6.92 Å². The van der Waals surface area contributed by atoms with Gasteiger partial charge in [-0.15, -0.1) is 11.3 Å². The minimum Gasteiger partial charge on any atom is -0.461 e. The molecule has 0 radical (unpaired) electrons. The van der Waals surface area contributed by atoms with Crippen LogP contribution in [0.3, 0.4) is 0 Å². The van der Waals surface area contributed by atoms with Gasteiger partial charge in [-0.3, -0.25) is 0 Å². The third kappa shape index (κ3) is 5.54. The van der Waals surface area contributed by atoms with Crippen LogP contribution in [0.4, 0.5) is 5.13 Å². The van der Waals surface area contributed by atoms with Crippen LogP contribution in [0.5, 0.6) is 0 Å². The van der Waals surface area contributed by atoms with Gasteiger partial charge in [0.25, 0.3) is 0 Å². The van der Waals surface area contributed by atoms with Crippen LogP contribution in [-0.2, 0) is 14.2 Å². The molecule has 0 fully saturated rings. The fourth-order valence-corrected chi connectivity index (χ4v) is 2.16. The molecule has 0 bridgehead atoms. The van der Waals surface area contributed by atoms with Crippen LogP contribution < -0.4 is 5.32 Å². The Labute approximate surface area is 117 Å². The summed E-state index contributed by atoms with van der Waals surface area (Å²) in [6.45, 7) is 6.34. The molecular weight excluding hydrogens is 268 g/mol. The molecule has 6 nitrogen and oxygen atoms in total. The summed E-state index contributed by atoms with van der Waals surface area (Å²) in [5, 5.41) is 3.82. The van der Waals surface area contributed by atoms with Gasteiger partial charge in [-0.25, -0.2) is 9.78 Å². The van der Waals surface area contributed by atoms with Crippen molar-refractivity contribution < 1.29 is 19.0 Å². The molecule has 0 spiro atoms. The quantitative estimate of drug-likeness (QED) is 0.551. The Morgan fingerprint density at radius 3 is 2.84 bits per heavy atom. The first-order chi connectivity index (χ1) is 9.19. The number of carbonyl (C=O) groups excluding carboxylic acids is 1. The lowest BCUT2D eigenvalue weighted by Gasteiger charge is -2.04. The van der Waals surface area contributed by atoms with Crippen molar-refractivity contribution in [3.05, 3.63) is 10.6 Å². The second-order valence-corrected chi connectivity index (χ2v) is 4.88. The molecule has 1 N–H and O–H groups in total. The van der Waals surface area contributed by atoms with Crippen LogP contribution in [0.15, 0.2) is 0 Å². The molecule has 0 aliphatic carbocycles. The van der Waals surface area contributed by atoms with Gasteiger partial charge in [0.05, 0.1) is 26.4 Å². The fraction of sp³-hybridized carbons (Fsp3) is 0.667. The summed E-state index contributed by atoms with van der Waals surface area (Å²) in [6.07, 6.45) is 0. The minimum absolute atomic E-state index is 0.353. The topological polar surface area (TPSA) is 69.7 Å². The van der Waals surface area contributed by atoms with E-state index in [0.29, 0.717) is 43.8 Å². The normalized spacial score (nSPS) is 10.5. The molecule has 0 aliphatic rings. The molecule has 0 aliphatic heterocycles. The predicted octanol–water partition coefficient (Wildman–Crippen LogP) is 1.70. The Kier molecular flexibility index (Phi) is 7.39. The standard InChI is InChI=1S/C12H20N2O4S/c1-4-18-11(15)10-9(2)19-12(14-10)13-5-6-17-8-7-16-3/h4-8H2,1-3H3,(H,13,14). The van der Waals surface area contributed by atoms with Gasteiger partial charge in [0.15, 0.2) is 10.8 Å². The smallest absolute Gasteiger partial charge is 0.358 e. The lowest BCUT2D eigenvalue weighted by molar-refractivity contribution is 0.0519. The number of rotatable bonds is 9. The average molecular weight is 288 g/mol. The molecule has 0 aromatic carbocycles. The molecule has 19 heavy (non-hydrogen) atoms. The second kappa shape index (κ2) is 8.84. The number of thiazole rings is 1. The number of aryl methyl sites for hydroxylation is 1. The van der Waals surface area contributed by atoms with E-state index < -0.39 is 0 Å². The molecule has 1 rings (SSSR count). The van der Waals surface area contributed by atoms with Gasteiger partial charge in [-0.05, 0) is 13.8 Å². The predicted molar refractivity (Wildman–Crippen MR) is 74.0 cm³/mol. The first-order valence-corrected chi connectivity index (χ1v) is 6.95.